The van der Waals surface area contributed by atoms with Crippen molar-refractivity contribution in [3.8, 4) is 6.07 Å². The molecule has 0 bridgehead atoms. The Morgan fingerprint density at radius 2 is 2.00 bits per heavy atom. The predicted octanol–water partition coefficient (Wildman–Crippen LogP) is 2.36. The molecule has 0 spiro atoms. The minimum absolute atomic E-state index is 0.0922. The molecule has 1 aromatic rings. The van der Waals surface area contributed by atoms with Gasteiger partial charge in [0.15, 0.2) is 0 Å². The smallest absolute Gasteiger partial charge is 0.262 e. The Labute approximate surface area is 155 Å². The van der Waals surface area contributed by atoms with Gasteiger partial charge in [0, 0.05) is 38.0 Å². The van der Waals surface area contributed by atoms with E-state index in [0.717, 1.165) is 37.6 Å². The van der Waals surface area contributed by atoms with Gasteiger partial charge < -0.3 is 19.7 Å². The van der Waals surface area contributed by atoms with E-state index in [2.05, 4.69) is 10.2 Å². The zero-order valence-corrected chi connectivity index (χ0v) is 15.7. The fourth-order valence-electron chi connectivity index (χ4n) is 2.71. The van der Waals surface area contributed by atoms with Crippen molar-refractivity contribution >= 4 is 17.7 Å². The number of methoxy groups -OCH3 is 1. The maximum atomic E-state index is 12.4. The zero-order valence-electron chi connectivity index (χ0n) is 15.7. The molecule has 1 aliphatic rings. The molecule has 0 aromatic heterocycles. The number of anilines is 1. The molecule has 1 N–H and O–H groups in total. The van der Waals surface area contributed by atoms with Crippen LogP contribution in [-0.2, 0) is 14.3 Å². The Morgan fingerprint density at radius 1 is 1.35 bits per heavy atom. The van der Waals surface area contributed by atoms with Crippen LogP contribution in [-0.4, -0.2) is 51.5 Å². The summed E-state index contributed by atoms with van der Waals surface area (Å²) in [5.74, 6) is -0.370. The van der Waals surface area contributed by atoms with Gasteiger partial charge in [0.2, 0.25) is 0 Å². The van der Waals surface area contributed by atoms with Crippen LogP contribution >= 0.6 is 0 Å². The highest BCUT2D eigenvalue weighted by molar-refractivity contribution is 6.02. The van der Waals surface area contributed by atoms with E-state index in [0.29, 0.717) is 13.0 Å². The van der Waals surface area contributed by atoms with Crippen LogP contribution in [0.15, 0.2) is 29.8 Å². The van der Waals surface area contributed by atoms with Crippen molar-refractivity contribution < 1.29 is 14.3 Å². The number of morpholine rings is 1. The first-order chi connectivity index (χ1) is 12.4. The quantitative estimate of drug-likeness (QED) is 0.599. The summed E-state index contributed by atoms with van der Waals surface area (Å²) >= 11 is 0. The van der Waals surface area contributed by atoms with Crippen molar-refractivity contribution in [2.75, 3.05) is 44.9 Å². The maximum Gasteiger partial charge on any atom is 0.262 e. The van der Waals surface area contributed by atoms with Crippen molar-refractivity contribution in [1.82, 2.24) is 5.32 Å². The molecule has 1 saturated heterocycles. The van der Waals surface area contributed by atoms with Gasteiger partial charge in [0.05, 0.1) is 13.2 Å². The van der Waals surface area contributed by atoms with Gasteiger partial charge in [-0.25, -0.2) is 0 Å². The number of rotatable bonds is 7. The van der Waals surface area contributed by atoms with Crippen molar-refractivity contribution in [3.05, 3.63) is 35.4 Å². The highest BCUT2D eigenvalue weighted by atomic mass is 16.5. The lowest BCUT2D eigenvalue weighted by Gasteiger charge is -2.28. The summed E-state index contributed by atoms with van der Waals surface area (Å²) in [6.45, 7) is 7.59. The molecule has 0 unspecified atom stereocenters. The van der Waals surface area contributed by atoms with E-state index in [4.69, 9.17) is 9.47 Å². The van der Waals surface area contributed by atoms with E-state index < -0.39 is 5.54 Å². The average molecular weight is 357 g/mol. The molecule has 6 nitrogen and oxygen atoms in total. The van der Waals surface area contributed by atoms with Crippen LogP contribution in [0.1, 0.15) is 25.8 Å². The molecule has 0 aliphatic carbocycles. The minimum Gasteiger partial charge on any atom is -0.385 e. The Bertz CT molecular complexity index is 669. The Morgan fingerprint density at radius 3 is 2.58 bits per heavy atom. The van der Waals surface area contributed by atoms with Gasteiger partial charge in [0.1, 0.15) is 11.6 Å². The van der Waals surface area contributed by atoms with Crippen LogP contribution in [0.4, 0.5) is 5.69 Å². The summed E-state index contributed by atoms with van der Waals surface area (Å²) in [5, 5.41) is 12.3. The second-order valence-electron chi connectivity index (χ2n) is 6.94. The van der Waals surface area contributed by atoms with Gasteiger partial charge in [-0.05, 0) is 44.0 Å². The first kappa shape index (κ1) is 20.0. The number of amides is 1. The van der Waals surface area contributed by atoms with E-state index in [1.54, 1.807) is 13.2 Å². The molecule has 1 fully saturated rings. The molecule has 0 radical (unpaired) electrons. The van der Waals surface area contributed by atoms with Crippen LogP contribution in [0.2, 0.25) is 0 Å². The number of nitriles is 1. The minimum atomic E-state index is -0.441. The Balaban J connectivity index is 2.05. The monoisotopic (exact) mass is 357 g/mol. The normalized spacial score (nSPS) is 15.5. The molecule has 1 amide bonds. The van der Waals surface area contributed by atoms with Gasteiger partial charge >= 0.3 is 0 Å². The SMILES string of the molecule is COCCC(C)(C)NC(=O)/C(C#N)=C/c1ccc(N2CCOCC2)cc1. The molecule has 26 heavy (non-hydrogen) atoms. The van der Waals surface area contributed by atoms with E-state index in [-0.39, 0.29) is 11.5 Å². The van der Waals surface area contributed by atoms with Gasteiger partial charge in [0.25, 0.3) is 5.91 Å². The van der Waals surface area contributed by atoms with Crippen molar-refractivity contribution in [3.63, 3.8) is 0 Å². The van der Waals surface area contributed by atoms with Crippen molar-refractivity contribution in [2.24, 2.45) is 0 Å². The molecular weight excluding hydrogens is 330 g/mol. The molecule has 1 aromatic carbocycles. The third kappa shape index (κ3) is 5.87. The van der Waals surface area contributed by atoms with E-state index in [1.165, 1.54) is 0 Å². The fourth-order valence-corrected chi connectivity index (χ4v) is 2.71. The molecule has 1 aliphatic heterocycles. The summed E-state index contributed by atoms with van der Waals surface area (Å²) in [6, 6.07) is 9.86. The Kier molecular flexibility index (Phi) is 7.19. The van der Waals surface area contributed by atoms with Gasteiger partial charge in [-0.3, -0.25) is 4.79 Å². The number of nitrogens with one attached hydrogen (secondary N) is 1. The van der Waals surface area contributed by atoms with E-state index in [1.807, 2.05) is 44.2 Å². The van der Waals surface area contributed by atoms with Crippen LogP contribution < -0.4 is 10.2 Å². The number of hydrogen-bond donors (Lipinski definition) is 1. The fraction of sp³-hybridized carbons (Fsp3) is 0.500. The standard InChI is InChI=1S/C20H27N3O3/c1-20(2,8-11-25-3)22-19(24)17(15-21)14-16-4-6-18(7-5-16)23-9-12-26-13-10-23/h4-7,14H,8-13H2,1-3H3,(H,22,24)/b17-14+. The average Bonchev–Trinajstić information content (AvgIpc) is 2.65. The first-order valence-electron chi connectivity index (χ1n) is 8.81. The maximum absolute atomic E-state index is 12.4. The summed E-state index contributed by atoms with van der Waals surface area (Å²) in [4.78, 5) is 14.7. The molecule has 6 heteroatoms. The van der Waals surface area contributed by atoms with Crippen molar-refractivity contribution in [1.29, 1.82) is 5.26 Å². The first-order valence-corrected chi connectivity index (χ1v) is 8.81. The topological polar surface area (TPSA) is 74.6 Å². The Hall–Kier alpha value is -2.36. The predicted molar refractivity (Wildman–Crippen MR) is 102 cm³/mol. The highest BCUT2D eigenvalue weighted by Crippen LogP contribution is 2.18. The van der Waals surface area contributed by atoms with Gasteiger partial charge in [-0.15, -0.1) is 0 Å². The lowest BCUT2D eigenvalue weighted by atomic mass is 10.00. The molecule has 1 heterocycles. The molecule has 0 atom stereocenters. The summed E-state index contributed by atoms with van der Waals surface area (Å²) in [6.07, 6.45) is 2.28. The number of carbonyl (C=O) groups is 1. The summed E-state index contributed by atoms with van der Waals surface area (Å²) in [5.41, 5.74) is 1.59. The summed E-state index contributed by atoms with van der Waals surface area (Å²) in [7, 11) is 1.62. The van der Waals surface area contributed by atoms with E-state index in [9.17, 15) is 10.1 Å². The van der Waals surface area contributed by atoms with Gasteiger partial charge in [-0.2, -0.15) is 5.26 Å². The lowest BCUT2D eigenvalue weighted by Crippen LogP contribution is -2.44. The number of hydrogen-bond acceptors (Lipinski definition) is 5. The third-order valence-corrected chi connectivity index (χ3v) is 4.33. The number of carbonyl (C=O) groups excluding carboxylic acids is 1. The van der Waals surface area contributed by atoms with Gasteiger partial charge in [-0.1, -0.05) is 12.1 Å². The molecular formula is C20H27N3O3. The molecule has 140 valence electrons. The zero-order chi connectivity index (χ0) is 19.0. The second kappa shape index (κ2) is 9.37. The van der Waals surface area contributed by atoms with Crippen LogP contribution in [0.25, 0.3) is 6.08 Å². The number of ether oxygens (including phenoxy) is 2. The molecule has 2 rings (SSSR count). The highest BCUT2D eigenvalue weighted by Gasteiger charge is 2.22. The third-order valence-electron chi connectivity index (χ3n) is 4.33. The van der Waals surface area contributed by atoms with Crippen LogP contribution in [0.5, 0.6) is 0 Å². The number of nitrogens with zero attached hydrogens (tertiary/aromatic N) is 2. The van der Waals surface area contributed by atoms with Crippen LogP contribution in [0, 0.1) is 11.3 Å². The second-order valence-corrected chi connectivity index (χ2v) is 6.94. The summed E-state index contributed by atoms with van der Waals surface area (Å²) < 4.78 is 10.4. The number of benzene rings is 1. The van der Waals surface area contributed by atoms with Crippen molar-refractivity contribution in [2.45, 2.75) is 25.8 Å². The largest absolute Gasteiger partial charge is 0.385 e. The van der Waals surface area contributed by atoms with Crippen LogP contribution in [0.3, 0.4) is 0 Å². The van der Waals surface area contributed by atoms with E-state index >= 15 is 0 Å². The molecule has 0 saturated carbocycles. The lowest BCUT2D eigenvalue weighted by molar-refractivity contribution is -0.118.